The van der Waals surface area contributed by atoms with Crippen LogP contribution in [0, 0.1) is 0 Å². The first-order valence-corrected chi connectivity index (χ1v) is 11.5. The van der Waals surface area contributed by atoms with Crippen molar-refractivity contribution < 1.29 is 9.53 Å². The number of amides is 1. The van der Waals surface area contributed by atoms with Gasteiger partial charge in [0.05, 0.1) is 29.2 Å². The van der Waals surface area contributed by atoms with Gasteiger partial charge in [-0.15, -0.1) is 0 Å². The van der Waals surface area contributed by atoms with E-state index in [9.17, 15) is 4.79 Å². The number of para-hydroxylation sites is 2. The van der Waals surface area contributed by atoms with Gasteiger partial charge in [0, 0.05) is 12.4 Å². The molecule has 0 spiro atoms. The lowest BCUT2D eigenvalue weighted by atomic mass is 9.99. The summed E-state index contributed by atoms with van der Waals surface area (Å²) in [6.45, 7) is 7.49. The summed E-state index contributed by atoms with van der Waals surface area (Å²) in [6.07, 6.45) is 4.33. The van der Waals surface area contributed by atoms with Gasteiger partial charge in [-0.05, 0) is 61.2 Å². The summed E-state index contributed by atoms with van der Waals surface area (Å²) in [5, 5.41) is 3.04. The number of rotatable bonds is 9. The number of benzene rings is 2. The van der Waals surface area contributed by atoms with Gasteiger partial charge in [0.2, 0.25) is 0 Å². The molecular weight excluding hydrogens is 412 g/mol. The van der Waals surface area contributed by atoms with Crippen LogP contribution >= 0.6 is 0 Å². The van der Waals surface area contributed by atoms with Gasteiger partial charge in [0.15, 0.2) is 0 Å². The van der Waals surface area contributed by atoms with Crippen molar-refractivity contribution >= 4 is 16.9 Å². The quantitative estimate of drug-likeness (QED) is 0.371. The first kappa shape index (κ1) is 22.5. The molecule has 0 aliphatic carbocycles. The zero-order valence-corrected chi connectivity index (χ0v) is 19.4. The average molecular weight is 443 g/mol. The molecule has 6 nitrogen and oxygen atoms in total. The molecular formula is C27H30N4O2. The maximum Gasteiger partial charge on any atom is 0.253 e. The van der Waals surface area contributed by atoms with Gasteiger partial charge in [-0.25, -0.2) is 4.98 Å². The molecule has 2 unspecified atom stereocenters. The molecule has 2 heterocycles. The van der Waals surface area contributed by atoms with Crippen molar-refractivity contribution in [2.75, 3.05) is 6.61 Å². The number of fused-ring (bicyclic) bond motifs is 1. The van der Waals surface area contributed by atoms with Crippen LogP contribution in [0.4, 0.5) is 0 Å². The summed E-state index contributed by atoms with van der Waals surface area (Å²) < 4.78 is 8.16. The van der Waals surface area contributed by atoms with Gasteiger partial charge < -0.3 is 14.6 Å². The first-order valence-electron chi connectivity index (χ1n) is 11.5. The molecule has 0 saturated carbocycles. The van der Waals surface area contributed by atoms with Crippen molar-refractivity contribution in [2.24, 2.45) is 0 Å². The smallest absolute Gasteiger partial charge is 0.253 e. The summed E-state index contributed by atoms with van der Waals surface area (Å²) in [4.78, 5) is 21.5. The fourth-order valence-corrected chi connectivity index (χ4v) is 3.88. The minimum Gasteiger partial charge on any atom is -0.492 e. The highest BCUT2D eigenvalue weighted by molar-refractivity contribution is 5.94. The largest absolute Gasteiger partial charge is 0.492 e. The Morgan fingerprint density at radius 1 is 1.06 bits per heavy atom. The Kier molecular flexibility index (Phi) is 7.03. The highest BCUT2D eigenvalue weighted by Gasteiger charge is 2.19. The maximum absolute atomic E-state index is 12.6. The van der Waals surface area contributed by atoms with Crippen molar-refractivity contribution in [3.63, 3.8) is 0 Å². The van der Waals surface area contributed by atoms with Crippen molar-refractivity contribution in [1.82, 2.24) is 19.9 Å². The van der Waals surface area contributed by atoms with E-state index in [4.69, 9.17) is 9.72 Å². The van der Waals surface area contributed by atoms with Crippen LogP contribution in [0.25, 0.3) is 11.0 Å². The Morgan fingerprint density at radius 3 is 2.58 bits per heavy atom. The van der Waals surface area contributed by atoms with Crippen LogP contribution in [0.3, 0.4) is 0 Å². The Labute approximate surface area is 194 Å². The second-order valence-corrected chi connectivity index (χ2v) is 8.27. The molecule has 4 rings (SSSR count). The van der Waals surface area contributed by atoms with Gasteiger partial charge in [-0.2, -0.15) is 0 Å². The lowest BCUT2D eigenvalue weighted by Crippen LogP contribution is -2.29. The number of carbonyl (C=O) groups is 1. The Balaban J connectivity index is 1.48. The molecule has 1 amide bonds. The van der Waals surface area contributed by atoms with E-state index in [1.165, 1.54) is 5.56 Å². The third kappa shape index (κ3) is 5.22. The molecule has 0 bridgehead atoms. The average Bonchev–Trinajstić information content (AvgIpc) is 3.23. The minimum absolute atomic E-state index is 0.174. The van der Waals surface area contributed by atoms with E-state index < -0.39 is 0 Å². The molecule has 2 atom stereocenters. The zero-order valence-electron chi connectivity index (χ0n) is 19.4. The fourth-order valence-electron chi connectivity index (χ4n) is 3.88. The summed E-state index contributed by atoms with van der Waals surface area (Å²) in [6, 6.07) is 19.6. The van der Waals surface area contributed by atoms with Crippen LogP contribution in [0.5, 0.6) is 5.75 Å². The molecule has 0 radical (unpaired) electrons. The number of ether oxygens (including phenoxy) is 1. The van der Waals surface area contributed by atoms with Gasteiger partial charge in [-0.3, -0.25) is 9.78 Å². The standard InChI is InChI=1S/C27H30N4O2/c1-4-19(2)21-11-13-23(14-12-21)33-17-16-31-25-10-6-5-9-24(25)30-26(31)20(3)29-27(32)22-8-7-15-28-18-22/h5-15,18-20H,4,16-17H2,1-3H3,(H,29,32). The van der Waals surface area contributed by atoms with Gasteiger partial charge in [0.1, 0.15) is 18.2 Å². The summed E-state index contributed by atoms with van der Waals surface area (Å²) in [7, 11) is 0. The van der Waals surface area contributed by atoms with Crippen LogP contribution in [-0.4, -0.2) is 27.0 Å². The van der Waals surface area contributed by atoms with Crippen molar-refractivity contribution in [2.45, 2.75) is 45.7 Å². The topological polar surface area (TPSA) is 69.0 Å². The van der Waals surface area contributed by atoms with Gasteiger partial charge >= 0.3 is 0 Å². The van der Waals surface area contributed by atoms with E-state index in [-0.39, 0.29) is 11.9 Å². The third-order valence-electron chi connectivity index (χ3n) is 5.99. The fraction of sp³-hybridized carbons (Fsp3) is 0.296. The van der Waals surface area contributed by atoms with Crippen molar-refractivity contribution in [3.05, 3.63) is 90.0 Å². The highest BCUT2D eigenvalue weighted by atomic mass is 16.5. The van der Waals surface area contributed by atoms with Crippen molar-refractivity contribution in [1.29, 1.82) is 0 Å². The minimum atomic E-state index is -0.278. The third-order valence-corrected chi connectivity index (χ3v) is 5.99. The molecule has 0 aliphatic rings. The maximum atomic E-state index is 12.6. The van der Waals surface area contributed by atoms with Gasteiger partial charge in [-0.1, -0.05) is 38.1 Å². The van der Waals surface area contributed by atoms with E-state index in [0.717, 1.165) is 29.0 Å². The van der Waals surface area contributed by atoms with E-state index >= 15 is 0 Å². The number of hydrogen-bond acceptors (Lipinski definition) is 4. The normalized spacial score (nSPS) is 12.9. The molecule has 0 fully saturated rings. The number of nitrogens with one attached hydrogen (secondary N) is 1. The van der Waals surface area contributed by atoms with Crippen LogP contribution in [0.1, 0.15) is 60.9 Å². The lowest BCUT2D eigenvalue weighted by molar-refractivity contribution is 0.0937. The van der Waals surface area contributed by atoms with Gasteiger partial charge in [0.25, 0.3) is 5.91 Å². The van der Waals surface area contributed by atoms with Crippen LogP contribution in [0.2, 0.25) is 0 Å². The number of aromatic nitrogens is 3. The van der Waals surface area contributed by atoms with Crippen LogP contribution in [-0.2, 0) is 6.54 Å². The number of pyridine rings is 1. The molecule has 4 aromatic rings. The zero-order chi connectivity index (χ0) is 23.2. The molecule has 0 aliphatic heterocycles. The SMILES string of the molecule is CCC(C)c1ccc(OCCn2c(C(C)NC(=O)c3cccnc3)nc3ccccc32)cc1. The number of carbonyl (C=O) groups excluding carboxylic acids is 1. The molecule has 6 heteroatoms. The van der Waals surface area contributed by atoms with E-state index in [1.807, 2.05) is 43.3 Å². The first-order chi connectivity index (χ1) is 16.1. The predicted molar refractivity (Wildman–Crippen MR) is 130 cm³/mol. The highest BCUT2D eigenvalue weighted by Crippen LogP contribution is 2.23. The molecule has 1 N–H and O–H groups in total. The second-order valence-electron chi connectivity index (χ2n) is 8.27. The number of imidazole rings is 1. The second kappa shape index (κ2) is 10.3. The van der Waals surface area contributed by atoms with E-state index in [1.54, 1.807) is 24.5 Å². The van der Waals surface area contributed by atoms with Crippen LogP contribution < -0.4 is 10.1 Å². The van der Waals surface area contributed by atoms with E-state index in [0.29, 0.717) is 24.6 Å². The van der Waals surface area contributed by atoms with Crippen LogP contribution in [0.15, 0.2) is 73.1 Å². The molecule has 0 saturated heterocycles. The molecule has 170 valence electrons. The monoisotopic (exact) mass is 442 g/mol. The predicted octanol–water partition coefficient (Wildman–Crippen LogP) is 5.51. The Hall–Kier alpha value is -3.67. The summed E-state index contributed by atoms with van der Waals surface area (Å²) in [5.41, 5.74) is 3.76. The Morgan fingerprint density at radius 2 is 1.85 bits per heavy atom. The van der Waals surface area contributed by atoms with E-state index in [2.05, 4.69) is 40.8 Å². The number of nitrogens with zero attached hydrogens (tertiary/aromatic N) is 3. The molecule has 2 aromatic heterocycles. The molecule has 2 aromatic carbocycles. The number of hydrogen-bond donors (Lipinski definition) is 1. The Bertz CT molecular complexity index is 1200. The molecule has 33 heavy (non-hydrogen) atoms. The summed E-state index contributed by atoms with van der Waals surface area (Å²) >= 11 is 0. The lowest BCUT2D eigenvalue weighted by Gasteiger charge is -2.17. The summed E-state index contributed by atoms with van der Waals surface area (Å²) in [5.74, 6) is 2.02. The van der Waals surface area contributed by atoms with Crippen molar-refractivity contribution in [3.8, 4) is 5.75 Å².